The van der Waals surface area contributed by atoms with Gasteiger partial charge in [-0.15, -0.1) is 0 Å². The minimum absolute atomic E-state index is 0.197. The molecule has 2 aromatic carbocycles. The van der Waals surface area contributed by atoms with Gasteiger partial charge in [0, 0.05) is 6.54 Å². The SMILES string of the molecule is COc1ccccc1C#CCNC(=O)NCCCc1ccccc1. The van der Waals surface area contributed by atoms with E-state index in [-0.39, 0.29) is 6.03 Å². The highest BCUT2D eigenvalue weighted by Crippen LogP contribution is 2.15. The molecule has 0 aliphatic heterocycles. The van der Waals surface area contributed by atoms with Crippen molar-refractivity contribution in [3.63, 3.8) is 0 Å². The molecule has 4 nitrogen and oxygen atoms in total. The summed E-state index contributed by atoms with van der Waals surface area (Å²) in [5.41, 5.74) is 2.09. The van der Waals surface area contributed by atoms with Crippen LogP contribution in [0, 0.1) is 11.8 Å². The first kappa shape index (κ1) is 17.4. The lowest BCUT2D eigenvalue weighted by Gasteiger charge is -2.05. The number of ether oxygens (including phenoxy) is 1. The molecule has 0 aliphatic rings. The average molecular weight is 322 g/mol. The van der Waals surface area contributed by atoms with E-state index in [9.17, 15) is 4.79 Å². The summed E-state index contributed by atoms with van der Waals surface area (Å²) in [7, 11) is 1.61. The maximum Gasteiger partial charge on any atom is 0.315 e. The van der Waals surface area contributed by atoms with Gasteiger partial charge >= 0.3 is 6.03 Å². The summed E-state index contributed by atoms with van der Waals surface area (Å²) in [6.45, 7) is 0.934. The lowest BCUT2D eigenvalue weighted by Crippen LogP contribution is -2.36. The van der Waals surface area contributed by atoms with E-state index in [2.05, 4.69) is 34.6 Å². The third-order valence-corrected chi connectivity index (χ3v) is 3.44. The van der Waals surface area contributed by atoms with Gasteiger partial charge in [-0.3, -0.25) is 0 Å². The smallest absolute Gasteiger partial charge is 0.315 e. The molecule has 0 spiro atoms. The number of aryl methyl sites for hydroxylation is 1. The van der Waals surface area contributed by atoms with E-state index >= 15 is 0 Å². The molecule has 2 rings (SSSR count). The Balaban J connectivity index is 1.64. The fourth-order valence-corrected chi connectivity index (χ4v) is 2.21. The van der Waals surface area contributed by atoms with Gasteiger partial charge in [0.15, 0.2) is 0 Å². The Labute approximate surface area is 143 Å². The molecule has 0 saturated carbocycles. The van der Waals surface area contributed by atoms with Crippen LogP contribution in [-0.4, -0.2) is 26.2 Å². The Morgan fingerprint density at radius 3 is 2.58 bits per heavy atom. The van der Waals surface area contributed by atoms with Crippen LogP contribution in [0.4, 0.5) is 4.79 Å². The van der Waals surface area contributed by atoms with Crippen molar-refractivity contribution in [2.24, 2.45) is 0 Å². The van der Waals surface area contributed by atoms with Crippen LogP contribution in [0.2, 0.25) is 0 Å². The molecular formula is C20H22N2O2. The van der Waals surface area contributed by atoms with Crippen LogP contribution in [0.3, 0.4) is 0 Å². The first-order chi connectivity index (χ1) is 11.8. The molecule has 0 radical (unpaired) electrons. The molecule has 24 heavy (non-hydrogen) atoms. The molecule has 124 valence electrons. The third kappa shape index (κ3) is 6.05. The summed E-state index contributed by atoms with van der Waals surface area (Å²) >= 11 is 0. The molecule has 0 fully saturated rings. The van der Waals surface area contributed by atoms with Gasteiger partial charge in [-0.2, -0.15) is 0 Å². The number of urea groups is 1. The summed E-state index contributed by atoms with van der Waals surface area (Å²) in [4.78, 5) is 11.7. The number of amides is 2. The minimum atomic E-state index is -0.197. The number of nitrogens with one attached hydrogen (secondary N) is 2. The highest BCUT2D eigenvalue weighted by molar-refractivity contribution is 5.74. The Hall–Kier alpha value is -2.93. The van der Waals surface area contributed by atoms with E-state index in [1.165, 1.54) is 5.56 Å². The zero-order valence-electron chi connectivity index (χ0n) is 13.8. The predicted molar refractivity (Wildman–Crippen MR) is 96.0 cm³/mol. The van der Waals surface area contributed by atoms with Crippen molar-refractivity contribution in [1.82, 2.24) is 10.6 Å². The van der Waals surface area contributed by atoms with E-state index in [4.69, 9.17) is 4.74 Å². The molecule has 0 saturated heterocycles. The molecule has 2 aromatic rings. The van der Waals surface area contributed by atoms with Crippen LogP contribution in [0.15, 0.2) is 54.6 Å². The van der Waals surface area contributed by atoms with Crippen molar-refractivity contribution in [1.29, 1.82) is 0 Å². The van der Waals surface area contributed by atoms with Gasteiger partial charge in [-0.25, -0.2) is 4.79 Å². The monoisotopic (exact) mass is 322 g/mol. The van der Waals surface area contributed by atoms with Crippen molar-refractivity contribution in [3.05, 3.63) is 65.7 Å². The number of carbonyl (C=O) groups is 1. The molecular weight excluding hydrogens is 300 g/mol. The van der Waals surface area contributed by atoms with Crippen molar-refractivity contribution in [2.75, 3.05) is 20.2 Å². The van der Waals surface area contributed by atoms with E-state index in [0.717, 1.165) is 24.2 Å². The van der Waals surface area contributed by atoms with Crippen molar-refractivity contribution >= 4 is 6.03 Å². The van der Waals surface area contributed by atoms with E-state index in [1.54, 1.807) is 7.11 Å². The van der Waals surface area contributed by atoms with Crippen LogP contribution < -0.4 is 15.4 Å². The Morgan fingerprint density at radius 2 is 1.79 bits per heavy atom. The van der Waals surface area contributed by atoms with Gasteiger partial charge in [0.25, 0.3) is 0 Å². The van der Waals surface area contributed by atoms with E-state index in [0.29, 0.717) is 13.1 Å². The summed E-state index contributed by atoms with van der Waals surface area (Å²) in [6.07, 6.45) is 1.86. The summed E-state index contributed by atoms with van der Waals surface area (Å²) in [5.74, 6) is 6.64. The summed E-state index contributed by atoms with van der Waals surface area (Å²) < 4.78 is 5.22. The number of benzene rings is 2. The molecule has 0 aliphatic carbocycles. The van der Waals surface area contributed by atoms with Crippen LogP contribution >= 0.6 is 0 Å². The third-order valence-electron chi connectivity index (χ3n) is 3.44. The quantitative estimate of drug-likeness (QED) is 0.634. The molecule has 2 N–H and O–H groups in total. The number of rotatable bonds is 6. The van der Waals surface area contributed by atoms with Crippen LogP contribution in [0.25, 0.3) is 0 Å². The lowest BCUT2D eigenvalue weighted by molar-refractivity contribution is 0.242. The van der Waals surface area contributed by atoms with Crippen molar-refractivity contribution < 1.29 is 9.53 Å². The van der Waals surface area contributed by atoms with Crippen LogP contribution in [-0.2, 0) is 6.42 Å². The van der Waals surface area contributed by atoms with E-state index < -0.39 is 0 Å². The van der Waals surface area contributed by atoms with Gasteiger partial charge < -0.3 is 15.4 Å². The van der Waals surface area contributed by atoms with Gasteiger partial charge in [0.2, 0.25) is 0 Å². The van der Waals surface area contributed by atoms with E-state index in [1.807, 2.05) is 42.5 Å². The highest BCUT2D eigenvalue weighted by atomic mass is 16.5. The normalized spacial score (nSPS) is 9.54. The second-order valence-electron chi connectivity index (χ2n) is 5.20. The molecule has 0 heterocycles. The second-order valence-corrected chi connectivity index (χ2v) is 5.20. The first-order valence-electron chi connectivity index (χ1n) is 7.97. The summed E-state index contributed by atoms with van der Waals surface area (Å²) in [5, 5.41) is 5.56. The molecule has 0 aromatic heterocycles. The maximum absolute atomic E-state index is 11.7. The fraction of sp³-hybridized carbons (Fsp3) is 0.250. The molecule has 4 heteroatoms. The van der Waals surface area contributed by atoms with Gasteiger partial charge in [0.1, 0.15) is 5.75 Å². The molecule has 0 atom stereocenters. The number of para-hydroxylation sites is 1. The number of methoxy groups -OCH3 is 1. The Kier molecular flexibility index (Phi) is 7.23. The predicted octanol–water partition coefficient (Wildman–Crippen LogP) is 2.98. The maximum atomic E-state index is 11.7. The molecule has 0 bridgehead atoms. The Morgan fingerprint density at radius 1 is 1.04 bits per heavy atom. The van der Waals surface area contributed by atoms with Crippen LogP contribution in [0.1, 0.15) is 17.5 Å². The number of hydrogen-bond donors (Lipinski definition) is 2. The lowest BCUT2D eigenvalue weighted by atomic mass is 10.1. The zero-order chi connectivity index (χ0) is 17.0. The van der Waals surface area contributed by atoms with Crippen molar-refractivity contribution in [2.45, 2.75) is 12.8 Å². The summed E-state index contributed by atoms with van der Waals surface area (Å²) in [6, 6.07) is 17.6. The highest BCUT2D eigenvalue weighted by Gasteiger charge is 1.98. The second kappa shape index (κ2) is 9.96. The first-order valence-corrected chi connectivity index (χ1v) is 7.97. The molecule has 2 amide bonds. The minimum Gasteiger partial charge on any atom is -0.495 e. The number of carbonyl (C=O) groups excluding carboxylic acids is 1. The average Bonchev–Trinajstić information content (AvgIpc) is 2.63. The fourth-order valence-electron chi connectivity index (χ4n) is 2.21. The largest absolute Gasteiger partial charge is 0.495 e. The van der Waals surface area contributed by atoms with Gasteiger partial charge in [-0.05, 0) is 30.5 Å². The standard InChI is InChI=1S/C20H22N2O2/c1-24-19-14-6-5-12-18(19)13-8-16-22-20(23)21-15-7-11-17-9-3-2-4-10-17/h2-6,9-10,12,14H,7,11,15-16H2,1H3,(H2,21,22,23). The Bertz CT molecular complexity index is 702. The van der Waals surface area contributed by atoms with Crippen molar-refractivity contribution in [3.8, 4) is 17.6 Å². The van der Waals surface area contributed by atoms with Crippen LogP contribution in [0.5, 0.6) is 5.75 Å². The molecule has 0 unspecified atom stereocenters. The van der Waals surface area contributed by atoms with Gasteiger partial charge in [0.05, 0.1) is 19.2 Å². The number of hydrogen-bond acceptors (Lipinski definition) is 2. The zero-order valence-corrected chi connectivity index (χ0v) is 13.8. The van der Waals surface area contributed by atoms with Gasteiger partial charge in [-0.1, -0.05) is 54.3 Å². The topological polar surface area (TPSA) is 50.4 Å².